The summed E-state index contributed by atoms with van der Waals surface area (Å²) in [4.78, 5) is 3.60. The van der Waals surface area contributed by atoms with Gasteiger partial charge in [-0.25, -0.2) is 4.98 Å². The molecule has 0 atom stereocenters. The van der Waals surface area contributed by atoms with Crippen molar-refractivity contribution >= 4 is 15.9 Å². The van der Waals surface area contributed by atoms with Crippen LogP contribution >= 0.6 is 15.9 Å². The first-order chi connectivity index (χ1) is 6.97. The Morgan fingerprint density at radius 2 is 2.07 bits per heavy atom. The van der Waals surface area contributed by atoms with E-state index in [-0.39, 0.29) is 16.5 Å². The number of nitrogens with zero attached hydrogens (tertiary/aromatic N) is 1. The van der Waals surface area contributed by atoms with Crippen molar-refractivity contribution in [3.05, 3.63) is 22.4 Å². The number of hydrogen-bond acceptors (Lipinski definition) is 2. The summed E-state index contributed by atoms with van der Waals surface area (Å²) in [6.45, 7) is 0. The molecule has 82 valence electrons. The number of halogens is 4. The van der Waals surface area contributed by atoms with Crippen LogP contribution in [0.5, 0.6) is 5.75 Å². The molecule has 1 aliphatic rings. The van der Waals surface area contributed by atoms with Crippen LogP contribution in [-0.2, 0) is 6.18 Å². The Labute approximate surface area is 92.6 Å². The van der Waals surface area contributed by atoms with E-state index in [2.05, 4.69) is 20.9 Å². The van der Waals surface area contributed by atoms with Crippen LogP contribution in [-0.4, -0.2) is 11.1 Å². The SMILES string of the molecule is FC(F)(F)c1cc(OC2CC2)cnc1Br. The Kier molecular flexibility index (Phi) is 2.62. The summed E-state index contributed by atoms with van der Waals surface area (Å²) in [5, 5.41) is 0. The third-order valence-electron chi connectivity index (χ3n) is 1.95. The molecule has 1 aromatic rings. The van der Waals surface area contributed by atoms with Gasteiger partial charge < -0.3 is 4.74 Å². The molecule has 1 heterocycles. The van der Waals surface area contributed by atoms with E-state index in [1.165, 1.54) is 6.20 Å². The molecule has 1 aliphatic carbocycles. The molecule has 15 heavy (non-hydrogen) atoms. The van der Waals surface area contributed by atoms with E-state index < -0.39 is 11.7 Å². The van der Waals surface area contributed by atoms with Crippen LogP contribution in [0.3, 0.4) is 0 Å². The Balaban J connectivity index is 2.27. The molecule has 0 bridgehead atoms. The van der Waals surface area contributed by atoms with Crippen molar-refractivity contribution in [2.45, 2.75) is 25.1 Å². The quantitative estimate of drug-likeness (QED) is 0.775. The van der Waals surface area contributed by atoms with Gasteiger partial charge in [-0.15, -0.1) is 0 Å². The van der Waals surface area contributed by atoms with Crippen molar-refractivity contribution in [2.75, 3.05) is 0 Å². The minimum atomic E-state index is -4.41. The third-order valence-corrected chi connectivity index (χ3v) is 2.58. The number of pyridine rings is 1. The molecule has 0 saturated heterocycles. The monoisotopic (exact) mass is 281 g/mol. The molecule has 2 nitrogen and oxygen atoms in total. The summed E-state index contributed by atoms with van der Waals surface area (Å²) in [7, 11) is 0. The molecule has 2 rings (SSSR count). The fraction of sp³-hybridized carbons (Fsp3) is 0.444. The second-order valence-electron chi connectivity index (χ2n) is 3.32. The number of hydrogen-bond donors (Lipinski definition) is 0. The fourth-order valence-electron chi connectivity index (χ4n) is 1.07. The zero-order valence-electron chi connectivity index (χ0n) is 7.51. The van der Waals surface area contributed by atoms with Gasteiger partial charge in [-0.05, 0) is 34.8 Å². The molecule has 0 spiro atoms. The Bertz CT molecular complexity index is 376. The van der Waals surface area contributed by atoms with Gasteiger partial charge in [0, 0.05) is 0 Å². The van der Waals surface area contributed by atoms with Gasteiger partial charge in [0.1, 0.15) is 10.4 Å². The van der Waals surface area contributed by atoms with Crippen LogP contribution in [0.15, 0.2) is 16.9 Å². The van der Waals surface area contributed by atoms with Crippen molar-refractivity contribution in [1.82, 2.24) is 4.98 Å². The first-order valence-corrected chi connectivity index (χ1v) is 5.15. The summed E-state index contributed by atoms with van der Waals surface area (Å²) < 4.78 is 42.4. The maximum Gasteiger partial charge on any atom is 0.419 e. The van der Waals surface area contributed by atoms with Crippen molar-refractivity contribution in [3.8, 4) is 5.75 Å². The zero-order valence-corrected chi connectivity index (χ0v) is 9.10. The molecule has 1 aromatic heterocycles. The molecule has 0 unspecified atom stereocenters. The smallest absolute Gasteiger partial charge is 0.419 e. The maximum absolute atomic E-state index is 12.5. The topological polar surface area (TPSA) is 22.1 Å². The lowest BCUT2D eigenvalue weighted by molar-refractivity contribution is -0.138. The van der Waals surface area contributed by atoms with Crippen LogP contribution in [0.2, 0.25) is 0 Å². The highest BCUT2D eigenvalue weighted by Crippen LogP contribution is 2.36. The molecule has 0 amide bonds. The van der Waals surface area contributed by atoms with Gasteiger partial charge >= 0.3 is 6.18 Å². The number of ether oxygens (including phenoxy) is 1. The van der Waals surface area contributed by atoms with Crippen molar-refractivity contribution < 1.29 is 17.9 Å². The predicted molar refractivity (Wildman–Crippen MR) is 50.6 cm³/mol. The van der Waals surface area contributed by atoms with Gasteiger partial charge in [-0.2, -0.15) is 13.2 Å². The second-order valence-corrected chi connectivity index (χ2v) is 4.08. The highest BCUT2D eigenvalue weighted by Gasteiger charge is 2.34. The van der Waals surface area contributed by atoms with Crippen LogP contribution in [0, 0.1) is 0 Å². The lowest BCUT2D eigenvalue weighted by Crippen LogP contribution is -2.08. The first kappa shape index (κ1) is 10.7. The molecule has 1 fully saturated rings. The molecule has 0 aromatic carbocycles. The number of aromatic nitrogens is 1. The summed E-state index contributed by atoms with van der Waals surface area (Å²) in [5.41, 5.74) is -0.805. The van der Waals surface area contributed by atoms with Crippen LogP contribution in [0.1, 0.15) is 18.4 Å². The third kappa shape index (κ3) is 2.62. The largest absolute Gasteiger partial charge is 0.489 e. The van der Waals surface area contributed by atoms with E-state index in [4.69, 9.17) is 4.74 Å². The Morgan fingerprint density at radius 1 is 1.40 bits per heavy atom. The summed E-state index contributed by atoms with van der Waals surface area (Å²) in [6.07, 6.45) is -1.25. The molecule has 1 saturated carbocycles. The highest BCUT2D eigenvalue weighted by molar-refractivity contribution is 9.10. The lowest BCUT2D eigenvalue weighted by atomic mass is 10.3. The van der Waals surface area contributed by atoms with E-state index >= 15 is 0 Å². The van der Waals surface area contributed by atoms with Gasteiger partial charge in [0.05, 0.1) is 17.9 Å². The van der Waals surface area contributed by atoms with Crippen molar-refractivity contribution in [2.24, 2.45) is 0 Å². The second kappa shape index (κ2) is 3.66. The summed E-state index contributed by atoms with van der Waals surface area (Å²) in [6, 6.07) is 0.968. The average Bonchev–Trinajstić information content (AvgIpc) is 2.90. The maximum atomic E-state index is 12.5. The van der Waals surface area contributed by atoms with E-state index in [9.17, 15) is 13.2 Å². The van der Waals surface area contributed by atoms with Crippen molar-refractivity contribution in [3.63, 3.8) is 0 Å². The molecular formula is C9H7BrF3NO. The fourth-order valence-corrected chi connectivity index (χ4v) is 1.51. The minimum absolute atomic E-state index is 0.0639. The van der Waals surface area contributed by atoms with Gasteiger partial charge in [0.25, 0.3) is 0 Å². The average molecular weight is 282 g/mol. The molecule has 0 N–H and O–H groups in total. The number of alkyl halides is 3. The Morgan fingerprint density at radius 3 is 2.60 bits per heavy atom. The lowest BCUT2D eigenvalue weighted by Gasteiger charge is -2.10. The van der Waals surface area contributed by atoms with E-state index in [0.717, 1.165) is 18.9 Å². The Hall–Kier alpha value is -0.780. The molecule has 0 aliphatic heterocycles. The molecule has 0 radical (unpaired) electrons. The van der Waals surface area contributed by atoms with Crippen LogP contribution in [0.4, 0.5) is 13.2 Å². The van der Waals surface area contributed by atoms with Crippen molar-refractivity contribution in [1.29, 1.82) is 0 Å². The van der Waals surface area contributed by atoms with Gasteiger partial charge in [-0.3, -0.25) is 0 Å². The normalized spacial score (nSPS) is 16.5. The minimum Gasteiger partial charge on any atom is -0.489 e. The van der Waals surface area contributed by atoms with Gasteiger partial charge in [-0.1, -0.05) is 0 Å². The van der Waals surface area contributed by atoms with E-state index in [1.54, 1.807) is 0 Å². The molecular weight excluding hydrogens is 275 g/mol. The molecule has 6 heteroatoms. The van der Waals surface area contributed by atoms with Gasteiger partial charge in [0.2, 0.25) is 0 Å². The first-order valence-electron chi connectivity index (χ1n) is 4.36. The summed E-state index contributed by atoms with van der Waals surface area (Å²) in [5.74, 6) is 0.174. The van der Waals surface area contributed by atoms with Crippen LogP contribution in [0.25, 0.3) is 0 Å². The standard InChI is InChI=1S/C9H7BrF3NO/c10-8-7(9(11,12)13)3-6(4-14-8)15-5-1-2-5/h3-5H,1-2H2. The zero-order chi connectivity index (χ0) is 11.1. The van der Waals surface area contributed by atoms with Gasteiger partial charge in [0.15, 0.2) is 0 Å². The number of rotatable bonds is 2. The predicted octanol–water partition coefficient (Wildman–Crippen LogP) is 3.40. The van der Waals surface area contributed by atoms with E-state index in [1.807, 2.05) is 0 Å². The summed E-state index contributed by atoms with van der Waals surface area (Å²) >= 11 is 2.76. The van der Waals surface area contributed by atoms with Crippen LogP contribution < -0.4 is 4.74 Å². The van der Waals surface area contributed by atoms with E-state index in [0.29, 0.717) is 0 Å². The highest BCUT2D eigenvalue weighted by atomic mass is 79.9.